The van der Waals surface area contributed by atoms with Crippen molar-refractivity contribution in [1.29, 1.82) is 0 Å². The van der Waals surface area contributed by atoms with Crippen LogP contribution in [0.1, 0.15) is 24.0 Å². The van der Waals surface area contributed by atoms with Gasteiger partial charge in [0.25, 0.3) is 11.8 Å². The Morgan fingerprint density at radius 2 is 1.71 bits per heavy atom. The Morgan fingerprint density at radius 1 is 0.941 bits per heavy atom. The van der Waals surface area contributed by atoms with E-state index in [1.165, 1.54) is 17.7 Å². The minimum atomic E-state index is -0.377. The molecule has 0 aliphatic carbocycles. The lowest BCUT2D eigenvalue weighted by atomic mass is 10.0. The van der Waals surface area contributed by atoms with Gasteiger partial charge >= 0.3 is 0 Å². The van der Waals surface area contributed by atoms with Crippen molar-refractivity contribution >= 4 is 28.8 Å². The quantitative estimate of drug-likeness (QED) is 0.542. The molecular weight excluding hydrogens is 428 g/mol. The molecule has 1 fully saturated rings. The summed E-state index contributed by atoms with van der Waals surface area (Å²) in [6.45, 7) is 2.27. The summed E-state index contributed by atoms with van der Waals surface area (Å²) < 4.78 is 5.51. The number of nitrogens with one attached hydrogen (secondary N) is 1. The van der Waals surface area contributed by atoms with Crippen molar-refractivity contribution in [2.45, 2.75) is 19.4 Å². The second kappa shape index (κ2) is 9.39. The summed E-state index contributed by atoms with van der Waals surface area (Å²) in [5.41, 5.74) is 3.80. The summed E-state index contributed by atoms with van der Waals surface area (Å²) in [5, 5.41) is 3.23. The van der Waals surface area contributed by atoms with Crippen LogP contribution in [0.15, 0.2) is 78.8 Å². The molecule has 1 saturated heterocycles. The molecule has 0 atom stereocenters. The van der Waals surface area contributed by atoms with Gasteiger partial charge in [-0.3, -0.25) is 19.5 Å². The van der Waals surface area contributed by atoms with Crippen LogP contribution in [0.4, 0.5) is 11.4 Å². The van der Waals surface area contributed by atoms with Crippen molar-refractivity contribution in [2.24, 2.45) is 0 Å². The molecule has 0 spiro atoms. The number of carbonyl (C=O) groups excluding carboxylic acids is 2. The monoisotopic (exact) mass is 454 g/mol. The maximum absolute atomic E-state index is 13.5. The van der Waals surface area contributed by atoms with Crippen LogP contribution in [0.5, 0.6) is 5.75 Å². The zero-order valence-electron chi connectivity index (χ0n) is 19.0. The molecule has 1 N–H and O–H groups in total. The van der Waals surface area contributed by atoms with E-state index in [0.717, 1.165) is 30.0 Å². The molecule has 7 heteroatoms. The highest BCUT2D eigenvalue weighted by Gasteiger charge is 2.40. The molecule has 0 radical (unpaired) electrons. The van der Waals surface area contributed by atoms with E-state index in [-0.39, 0.29) is 24.1 Å². The number of nitrogens with zero attached hydrogens (tertiary/aromatic N) is 3. The number of amides is 2. The van der Waals surface area contributed by atoms with Crippen molar-refractivity contribution in [2.75, 3.05) is 30.4 Å². The molecule has 0 saturated carbocycles. The number of imide groups is 1. The van der Waals surface area contributed by atoms with E-state index in [0.29, 0.717) is 16.9 Å². The Bertz CT molecular complexity index is 1230. The molecule has 2 amide bonds. The van der Waals surface area contributed by atoms with Gasteiger partial charge in [-0.2, -0.15) is 0 Å². The lowest BCUT2D eigenvalue weighted by Gasteiger charge is -2.18. The number of ether oxygens (including phenoxy) is 1. The molecule has 7 nitrogen and oxygen atoms in total. The standard InChI is InChI=1S/C27H26N4O3/c1-34-23-9-3-2-8-22(23)24-25(27(33)31(26(24)32)18-19-7-6-14-28-17-19)29-20-10-12-21(13-11-20)30-15-4-5-16-30/h2-3,6-14,17,29H,4-5,15-16,18H2,1H3. The molecule has 172 valence electrons. The van der Waals surface area contributed by atoms with Crippen LogP contribution in [0, 0.1) is 0 Å². The molecule has 2 aliphatic rings. The molecule has 3 heterocycles. The fourth-order valence-electron chi connectivity index (χ4n) is 4.49. The Morgan fingerprint density at radius 3 is 2.41 bits per heavy atom. The Hall–Kier alpha value is -4.13. The van der Waals surface area contributed by atoms with Gasteiger partial charge in [0, 0.05) is 42.4 Å². The van der Waals surface area contributed by atoms with Crippen molar-refractivity contribution in [1.82, 2.24) is 9.88 Å². The van der Waals surface area contributed by atoms with Gasteiger partial charge < -0.3 is 15.0 Å². The first-order valence-electron chi connectivity index (χ1n) is 11.4. The zero-order chi connectivity index (χ0) is 23.5. The third-order valence-electron chi connectivity index (χ3n) is 6.22. The molecule has 3 aromatic rings. The number of aromatic nitrogens is 1. The number of para-hydroxylation sites is 1. The lowest BCUT2D eigenvalue weighted by molar-refractivity contribution is -0.137. The van der Waals surface area contributed by atoms with Crippen molar-refractivity contribution in [3.63, 3.8) is 0 Å². The van der Waals surface area contributed by atoms with Crippen molar-refractivity contribution in [3.8, 4) is 5.75 Å². The number of carbonyl (C=O) groups is 2. The number of benzene rings is 2. The van der Waals surface area contributed by atoms with Crippen LogP contribution < -0.4 is 15.0 Å². The van der Waals surface area contributed by atoms with E-state index < -0.39 is 0 Å². The number of anilines is 2. The SMILES string of the molecule is COc1ccccc1C1=C(Nc2ccc(N3CCCC3)cc2)C(=O)N(Cc2cccnc2)C1=O. The van der Waals surface area contributed by atoms with Gasteiger partial charge in [0.15, 0.2) is 0 Å². The number of rotatable bonds is 7. The van der Waals surface area contributed by atoms with E-state index in [2.05, 4.69) is 15.2 Å². The predicted octanol–water partition coefficient (Wildman–Crippen LogP) is 4.08. The molecule has 2 aliphatic heterocycles. The maximum Gasteiger partial charge on any atom is 0.278 e. The highest BCUT2D eigenvalue weighted by Crippen LogP contribution is 2.36. The summed E-state index contributed by atoms with van der Waals surface area (Å²) in [6, 6.07) is 18.9. The molecule has 2 aromatic carbocycles. The number of pyridine rings is 1. The van der Waals surface area contributed by atoms with E-state index in [4.69, 9.17) is 4.74 Å². The molecule has 0 unspecified atom stereocenters. The second-order valence-electron chi connectivity index (χ2n) is 8.37. The van der Waals surface area contributed by atoms with Gasteiger partial charge in [0.05, 0.1) is 19.2 Å². The van der Waals surface area contributed by atoms with E-state index in [9.17, 15) is 9.59 Å². The fourth-order valence-corrected chi connectivity index (χ4v) is 4.49. The molecule has 1 aromatic heterocycles. The average molecular weight is 455 g/mol. The first-order valence-corrected chi connectivity index (χ1v) is 11.4. The lowest BCUT2D eigenvalue weighted by Crippen LogP contribution is -2.32. The normalized spacial score (nSPS) is 15.9. The minimum Gasteiger partial charge on any atom is -0.496 e. The highest BCUT2D eigenvalue weighted by molar-refractivity contribution is 6.36. The van der Waals surface area contributed by atoms with Gasteiger partial charge in [-0.1, -0.05) is 24.3 Å². The van der Waals surface area contributed by atoms with Crippen LogP contribution in [-0.2, 0) is 16.1 Å². The van der Waals surface area contributed by atoms with Gasteiger partial charge in [-0.15, -0.1) is 0 Å². The van der Waals surface area contributed by atoms with Gasteiger partial charge in [-0.25, -0.2) is 0 Å². The Kier molecular flexibility index (Phi) is 5.99. The van der Waals surface area contributed by atoms with Gasteiger partial charge in [-0.05, 0) is 54.8 Å². The molecule has 34 heavy (non-hydrogen) atoms. The highest BCUT2D eigenvalue weighted by atomic mass is 16.5. The van der Waals surface area contributed by atoms with Crippen LogP contribution in [-0.4, -0.2) is 41.9 Å². The average Bonchev–Trinajstić information content (AvgIpc) is 3.49. The van der Waals surface area contributed by atoms with E-state index in [1.54, 1.807) is 37.7 Å². The number of hydrogen-bond acceptors (Lipinski definition) is 6. The smallest absolute Gasteiger partial charge is 0.278 e. The zero-order valence-corrected chi connectivity index (χ0v) is 19.0. The Balaban J connectivity index is 1.50. The van der Waals surface area contributed by atoms with Crippen LogP contribution >= 0.6 is 0 Å². The van der Waals surface area contributed by atoms with Crippen LogP contribution in [0.25, 0.3) is 5.57 Å². The van der Waals surface area contributed by atoms with E-state index in [1.807, 2.05) is 42.5 Å². The molecular formula is C27H26N4O3. The molecule has 5 rings (SSSR count). The maximum atomic E-state index is 13.5. The fraction of sp³-hybridized carbons (Fsp3) is 0.222. The summed E-state index contributed by atoms with van der Waals surface area (Å²) in [4.78, 5) is 34.7. The summed E-state index contributed by atoms with van der Waals surface area (Å²) in [6.07, 6.45) is 5.73. The third kappa shape index (κ3) is 4.12. The summed E-state index contributed by atoms with van der Waals surface area (Å²) >= 11 is 0. The topological polar surface area (TPSA) is 74.8 Å². The largest absolute Gasteiger partial charge is 0.496 e. The van der Waals surface area contributed by atoms with Crippen molar-refractivity contribution in [3.05, 3.63) is 89.9 Å². The third-order valence-corrected chi connectivity index (χ3v) is 6.22. The second-order valence-corrected chi connectivity index (χ2v) is 8.37. The van der Waals surface area contributed by atoms with Crippen LogP contribution in [0.2, 0.25) is 0 Å². The van der Waals surface area contributed by atoms with Gasteiger partial charge in [0.1, 0.15) is 11.4 Å². The summed E-state index contributed by atoms with van der Waals surface area (Å²) in [7, 11) is 1.55. The number of methoxy groups -OCH3 is 1. The number of hydrogen-bond donors (Lipinski definition) is 1. The molecule has 0 bridgehead atoms. The first kappa shape index (κ1) is 21.7. The van der Waals surface area contributed by atoms with Crippen molar-refractivity contribution < 1.29 is 14.3 Å². The Labute approximate surface area is 198 Å². The van der Waals surface area contributed by atoms with Gasteiger partial charge in [0.2, 0.25) is 0 Å². The predicted molar refractivity (Wildman–Crippen MR) is 131 cm³/mol. The summed E-state index contributed by atoms with van der Waals surface area (Å²) in [5.74, 6) is -0.210. The van der Waals surface area contributed by atoms with Crippen LogP contribution in [0.3, 0.4) is 0 Å². The first-order chi connectivity index (χ1) is 16.7. The minimum absolute atomic E-state index is 0.142. The van der Waals surface area contributed by atoms with E-state index >= 15 is 0 Å².